The minimum absolute atomic E-state index is 0.00682. The van der Waals surface area contributed by atoms with Gasteiger partial charge in [0.15, 0.2) is 5.78 Å². The Labute approximate surface area is 201 Å². The number of carbonyl (C=O) groups excluding carboxylic acids is 2. The van der Waals surface area contributed by atoms with E-state index in [9.17, 15) is 29.7 Å². The Hall–Kier alpha value is -1.73. The number of aliphatic hydroxyl groups excluding tert-OH is 1. The number of hydrogen-bond acceptors (Lipinski definition) is 6. The molecule has 4 aliphatic rings. The van der Waals surface area contributed by atoms with Crippen LogP contribution in [0.2, 0.25) is 0 Å². The Bertz CT molecular complexity index is 880. The molecule has 7 heteroatoms. The van der Waals surface area contributed by atoms with Gasteiger partial charge in [-0.05, 0) is 85.2 Å². The largest absolute Gasteiger partial charge is 0.481 e. The van der Waals surface area contributed by atoms with E-state index in [2.05, 4.69) is 6.92 Å². The predicted molar refractivity (Wildman–Crippen MR) is 125 cm³/mol. The van der Waals surface area contributed by atoms with Gasteiger partial charge >= 0.3 is 11.9 Å². The molecule has 0 radical (unpaired) electrons. The minimum atomic E-state index is -1.11. The van der Waals surface area contributed by atoms with Crippen molar-refractivity contribution in [1.29, 1.82) is 0 Å². The van der Waals surface area contributed by atoms with Gasteiger partial charge in [-0.2, -0.15) is 0 Å². The maximum absolute atomic E-state index is 13.4. The summed E-state index contributed by atoms with van der Waals surface area (Å²) in [6.45, 7) is 6.49. The highest BCUT2D eigenvalue weighted by Crippen LogP contribution is 2.69. The zero-order valence-corrected chi connectivity index (χ0v) is 20.7. The van der Waals surface area contributed by atoms with Crippen molar-refractivity contribution in [3.05, 3.63) is 11.6 Å². The molecule has 4 aliphatic carbocycles. The molecule has 34 heavy (non-hydrogen) atoms. The van der Waals surface area contributed by atoms with E-state index in [-0.39, 0.29) is 41.8 Å². The fraction of sp³-hybridized carbons (Fsp3) is 0.815. The highest BCUT2D eigenvalue weighted by atomic mass is 16.5. The molecular formula is C27H40O7. The van der Waals surface area contributed by atoms with Crippen LogP contribution in [-0.2, 0) is 19.1 Å². The Morgan fingerprint density at radius 3 is 2.53 bits per heavy atom. The lowest BCUT2D eigenvalue weighted by molar-refractivity contribution is -0.182. The summed E-state index contributed by atoms with van der Waals surface area (Å²) in [4.78, 5) is 37.0. The monoisotopic (exact) mass is 476 g/mol. The number of esters is 1. The van der Waals surface area contributed by atoms with Crippen LogP contribution in [0, 0.1) is 34.5 Å². The molecule has 0 saturated heterocycles. The third-order valence-electron chi connectivity index (χ3n) is 10.2. The van der Waals surface area contributed by atoms with Crippen LogP contribution >= 0.6 is 0 Å². The van der Waals surface area contributed by atoms with Gasteiger partial charge < -0.3 is 20.1 Å². The summed E-state index contributed by atoms with van der Waals surface area (Å²) in [6, 6.07) is 0. The van der Waals surface area contributed by atoms with Crippen molar-refractivity contribution in [2.24, 2.45) is 34.5 Å². The second kappa shape index (κ2) is 9.05. The maximum atomic E-state index is 13.4. The van der Waals surface area contributed by atoms with E-state index in [4.69, 9.17) is 4.74 Å². The lowest BCUT2D eigenvalue weighted by atomic mass is 9.43. The number of fused-ring (bicyclic) bond motifs is 5. The smallest absolute Gasteiger partial charge is 0.312 e. The number of aliphatic hydroxyl groups is 2. The molecule has 0 bridgehead atoms. The Morgan fingerprint density at radius 1 is 1.15 bits per heavy atom. The second-order valence-electron chi connectivity index (χ2n) is 11.7. The molecule has 2 unspecified atom stereocenters. The topological polar surface area (TPSA) is 121 Å². The first-order valence-corrected chi connectivity index (χ1v) is 13.0. The van der Waals surface area contributed by atoms with E-state index < -0.39 is 35.0 Å². The normalized spacial score (nSPS) is 43.4. The summed E-state index contributed by atoms with van der Waals surface area (Å²) >= 11 is 0. The van der Waals surface area contributed by atoms with Crippen molar-refractivity contribution in [2.75, 3.05) is 6.61 Å². The fourth-order valence-corrected chi connectivity index (χ4v) is 8.14. The number of carboxylic acids is 1. The number of carboxylic acid groups (broad SMARTS) is 1. The van der Waals surface area contributed by atoms with Gasteiger partial charge in [0.05, 0.1) is 24.2 Å². The lowest BCUT2D eigenvalue weighted by Crippen LogP contribution is -2.61. The van der Waals surface area contributed by atoms with Crippen molar-refractivity contribution >= 4 is 17.7 Å². The van der Waals surface area contributed by atoms with Gasteiger partial charge in [-0.1, -0.05) is 27.2 Å². The zero-order valence-electron chi connectivity index (χ0n) is 20.7. The van der Waals surface area contributed by atoms with Gasteiger partial charge in [0.25, 0.3) is 0 Å². The third-order valence-corrected chi connectivity index (χ3v) is 10.2. The van der Waals surface area contributed by atoms with Crippen LogP contribution < -0.4 is 0 Å². The first kappa shape index (κ1) is 25.4. The SMILES string of the molecule is CCCCOC(=O)C1C(O)C2=CC(=O)CC[C@]2(C)[C@H]2CC[C@@]3(C)[C@@H](CC[C@]3(O)CCC(=O)O)[C@H]12. The fourth-order valence-electron chi connectivity index (χ4n) is 8.14. The van der Waals surface area contributed by atoms with Crippen LogP contribution in [0.25, 0.3) is 0 Å². The quantitative estimate of drug-likeness (QED) is 0.379. The molecule has 4 rings (SSSR count). The summed E-state index contributed by atoms with van der Waals surface area (Å²) in [5.41, 5.74) is -1.35. The molecule has 0 amide bonds. The van der Waals surface area contributed by atoms with E-state index in [0.29, 0.717) is 37.9 Å². The number of ketones is 1. The summed E-state index contributed by atoms with van der Waals surface area (Å²) in [7, 11) is 0. The maximum Gasteiger partial charge on any atom is 0.312 e. The average molecular weight is 477 g/mol. The molecule has 8 atom stereocenters. The minimum Gasteiger partial charge on any atom is -0.481 e. The van der Waals surface area contributed by atoms with Crippen LogP contribution in [0.5, 0.6) is 0 Å². The van der Waals surface area contributed by atoms with Gasteiger partial charge in [-0.15, -0.1) is 0 Å². The molecule has 190 valence electrons. The number of unbranched alkanes of at least 4 members (excludes halogenated alkanes) is 1. The van der Waals surface area contributed by atoms with Crippen LogP contribution in [0.4, 0.5) is 0 Å². The van der Waals surface area contributed by atoms with Gasteiger partial charge in [0.2, 0.25) is 0 Å². The second-order valence-corrected chi connectivity index (χ2v) is 11.7. The number of hydrogen-bond donors (Lipinski definition) is 3. The van der Waals surface area contributed by atoms with Gasteiger partial charge in [0.1, 0.15) is 0 Å². The molecule has 0 heterocycles. The van der Waals surface area contributed by atoms with Crippen molar-refractivity contribution in [3.8, 4) is 0 Å². The number of carbonyl (C=O) groups is 3. The molecule has 0 spiro atoms. The van der Waals surface area contributed by atoms with Gasteiger partial charge in [-0.25, -0.2) is 0 Å². The molecule has 3 N–H and O–H groups in total. The molecule has 0 aromatic rings. The van der Waals surface area contributed by atoms with Crippen LogP contribution in [0.1, 0.15) is 85.0 Å². The first-order valence-electron chi connectivity index (χ1n) is 13.0. The Morgan fingerprint density at radius 2 is 1.85 bits per heavy atom. The number of aliphatic carboxylic acids is 1. The molecule has 3 saturated carbocycles. The predicted octanol–water partition coefficient (Wildman–Crippen LogP) is 3.65. The van der Waals surface area contributed by atoms with Crippen molar-refractivity contribution in [1.82, 2.24) is 0 Å². The van der Waals surface area contributed by atoms with E-state index in [0.717, 1.165) is 25.7 Å². The summed E-state index contributed by atoms with van der Waals surface area (Å²) in [6.07, 6.45) is 6.00. The number of ether oxygens (including phenoxy) is 1. The molecule has 0 aromatic carbocycles. The van der Waals surface area contributed by atoms with Crippen LogP contribution in [-0.4, -0.2) is 51.4 Å². The number of rotatable bonds is 7. The Balaban J connectivity index is 1.74. The first-order chi connectivity index (χ1) is 16.0. The van der Waals surface area contributed by atoms with E-state index >= 15 is 0 Å². The van der Waals surface area contributed by atoms with E-state index in [1.165, 1.54) is 0 Å². The molecule has 0 aliphatic heterocycles. The van der Waals surface area contributed by atoms with Crippen molar-refractivity contribution in [3.63, 3.8) is 0 Å². The molecule has 7 nitrogen and oxygen atoms in total. The van der Waals surface area contributed by atoms with Crippen molar-refractivity contribution < 1.29 is 34.4 Å². The zero-order chi connectivity index (χ0) is 24.9. The van der Waals surface area contributed by atoms with E-state index in [1.54, 1.807) is 6.08 Å². The lowest BCUT2D eigenvalue weighted by Gasteiger charge is -2.61. The molecule has 0 aromatic heterocycles. The summed E-state index contributed by atoms with van der Waals surface area (Å²) in [5, 5.41) is 32.5. The molecular weight excluding hydrogens is 436 g/mol. The summed E-state index contributed by atoms with van der Waals surface area (Å²) < 4.78 is 5.64. The highest BCUT2D eigenvalue weighted by molar-refractivity contribution is 5.92. The van der Waals surface area contributed by atoms with Crippen molar-refractivity contribution in [2.45, 2.75) is 96.7 Å². The van der Waals surface area contributed by atoms with Crippen LogP contribution in [0.15, 0.2) is 11.6 Å². The standard InChI is InChI=1S/C27H40O7/c1-4-5-14-34-24(32)22-21-17(25(2)10-6-16(28)15-19(25)23(22)31)7-11-26(3)18(21)8-12-27(26,33)13-9-20(29)30/h15,17-18,21-23,31,33H,4-14H2,1-3H3,(H,29,30)/t17-,18-,21+,22?,23?,25+,26-,27-/m0/s1. The van der Waals surface area contributed by atoms with Gasteiger partial charge in [-0.3, -0.25) is 14.4 Å². The summed E-state index contributed by atoms with van der Waals surface area (Å²) in [5.74, 6) is -2.24. The highest BCUT2D eigenvalue weighted by Gasteiger charge is 2.68. The van der Waals surface area contributed by atoms with E-state index in [1.807, 2.05) is 13.8 Å². The average Bonchev–Trinajstić information content (AvgIpc) is 3.05. The third kappa shape index (κ3) is 3.83. The van der Waals surface area contributed by atoms with Crippen LogP contribution in [0.3, 0.4) is 0 Å². The Kier molecular flexibility index (Phi) is 6.75. The van der Waals surface area contributed by atoms with Gasteiger partial charge in [0, 0.05) is 12.8 Å². The molecule has 3 fully saturated rings.